The van der Waals surface area contributed by atoms with Gasteiger partial charge in [0.1, 0.15) is 0 Å². The van der Waals surface area contributed by atoms with Crippen LogP contribution in [-0.4, -0.2) is 11.7 Å². The fraction of sp³-hybridized carbons (Fsp3) is 0.455. The molecule has 12 heavy (non-hydrogen) atoms. The Bertz CT molecular complexity index is 225. The summed E-state index contributed by atoms with van der Waals surface area (Å²) in [5.41, 5.74) is 2.59. The highest BCUT2D eigenvalue weighted by atomic mass is 16.3. The van der Waals surface area contributed by atoms with Crippen molar-refractivity contribution in [2.75, 3.05) is 6.61 Å². The van der Waals surface area contributed by atoms with Gasteiger partial charge >= 0.3 is 0 Å². The van der Waals surface area contributed by atoms with Crippen molar-refractivity contribution in [3.8, 4) is 0 Å². The van der Waals surface area contributed by atoms with Crippen LogP contribution in [0.25, 0.3) is 0 Å². The lowest BCUT2D eigenvalue weighted by atomic mass is 10.0. The zero-order valence-electron chi connectivity index (χ0n) is 7.75. The predicted octanol–water partition coefficient (Wildman–Crippen LogP) is 2.17. The van der Waals surface area contributed by atoms with Crippen molar-refractivity contribution in [1.29, 1.82) is 0 Å². The first-order valence-corrected chi connectivity index (χ1v) is 4.38. The lowest BCUT2D eigenvalue weighted by molar-refractivity contribution is 0.237. The minimum absolute atomic E-state index is 0.272. The van der Waals surface area contributed by atoms with Gasteiger partial charge in [-0.1, -0.05) is 36.8 Å². The second-order valence-electron chi connectivity index (χ2n) is 3.48. The number of aryl methyl sites for hydroxylation is 1. The zero-order valence-corrected chi connectivity index (χ0v) is 7.75. The van der Waals surface area contributed by atoms with E-state index in [0.717, 1.165) is 6.42 Å². The molecule has 0 heterocycles. The number of hydrogen-bond donors (Lipinski definition) is 1. The molecule has 0 spiro atoms. The lowest BCUT2D eigenvalue weighted by Crippen LogP contribution is -2.04. The molecule has 0 saturated heterocycles. The molecular weight excluding hydrogens is 148 g/mol. The predicted molar refractivity (Wildman–Crippen MR) is 51.1 cm³/mol. The van der Waals surface area contributed by atoms with Gasteiger partial charge in [0.2, 0.25) is 0 Å². The van der Waals surface area contributed by atoms with Crippen LogP contribution in [0.5, 0.6) is 0 Å². The number of benzene rings is 1. The molecule has 0 aromatic heterocycles. The summed E-state index contributed by atoms with van der Waals surface area (Å²) in [6, 6.07) is 8.47. The molecule has 1 atom stereocenters. The van der Waals surface area contributed by atoms with Crippen LogP contribution in [0.4, 0.5) is 0 Å². The Kier molecular flexibility index (Phi) is 3.30. The second kappa shape index (κ2) is 4.27. The topological polar surface area (TPSA) is 20.2 Å². The molecule has 1 heteroatoms. The number of hydrogen-bond acceptors (Lipinski definition) is 1. The van der Waals surface area contributed by atoms with Crippen molar-refractivity contribution >= 4 is 0 Å². The molecule has 0 saturated carbocycles. The molecule has 66 valence electrons. The molecule has 0 bridgehead atoms. The maximum Gasteiger partial charge on any atom is 0.0459 e. The maximum atomic E-state index is 8.85. The zero-order chi connectivity index (χ0) is 8.97. The summed E-state index contributed by atoms with van der Waals surface area (Å²) < 4.78 is 0. The van der Waals surface area contributed by atoms with Crippen LogP contribution in [-0.2, 0) is 6.42 Å². The molecule has 1 nitrogen and oxygen atoms in total. The standard InChI is InChI=1S/C11H16O/c1-9-3-5-11(6-4-9)7-10(2)8-12/h3-6,10,12H,7-8H2,1-2H3/t10-/m1/s1. The fourth-order valence-corrected chi connectivity index (χ4v) is 1.19. The summed E-state index contributed by atoms with van der Waals surface area (Å²) in [6.07, 6.45) is 0.969. The minimum Gasteiger partial charge on any atom is -0.396 e. The average Bonchev–Trinajstić information content (AvgIpc) is 2.09. The van der Waals surface area contributed by atoms with Gasteiger partial charge in [-0.25, -0.2) is 0 Å². The van der Waals surface area contributed by atoms with Crippen molar-refractivity contribution in [2.24, 2.45) is 5.92 Å². The Hall–Kier alpha value is -0.820. The van der Waals surface area contributed by atoms with E-state index < -0.39 is 0 Å². The molecule has 1 N–H and O–H groups in total. The summed E-state index contributed by atoms with van der Waals surface area (Å²) in [5, 5.41) is 8.85. The Morgan fingerprint density at radius 3 is 2.33 bits per heavy atom. The molecule has 0 fully saturated rings. The van der Waals surface area contributed by atoms with Crippen LogP contribution in [0.2, 0.25) is 0 Å². The molecule has 0 amide bonds. The molecule has 1 rings (SSSR count). The molecule has 0 unspecified atom stereocenters. The number of aliphatic hydroxyl groups is 1. The summed E-state index contributed by atoms with van der Waals surface area (Å²) in [6.45, 7) is 4.41. The quantitative estimate of drug-likeness (QED) is 0.726. The van der Waals surface area contributed by atoms with Crippen LogP contribution in [0.3, 0.4) is 0 Å². The number of aliphatic hydroxyl groups excluding tert-OH is 1. The highest BCUT2D eigenvalue weighted by Crippen LogP contribution is 2.08. The van der Waals surface area contributed by atoms with Crippen LogP contribution >= 0.6 is 0 Å². The molecule has 0 aliphatic carbocycles. The van der Waals surface area contributed by atoms with Crippen molar-refractivity contribution in [2.45, 2.75) is 20.3 Å². The van der Waals surface area contributed by atoms with E-state index in [0.29, 0.717) is 5.92 Å². The highest BCUT2D eigenvalue weighted by molar-refractivity contribution is 5.21. The smallest absolute Gasteiger partial charge is 0.0459 e. The minimum atomic E-state index is 0.272. The van der Waals surface area contributed by atoms with Crippen molar-refractivity contribution in [3.63, 3.8) is 0 Å². The first-order valence-electron chi connectivity index (χ1n) is 4.38. The van der Waals surface area contributed by atoms with Gasteiger partial charge in [-0.05, 0) is 24.8 Å². The normalized spacial score (nSPS) is 12.9. The Morgan fingerprint density at radius 2 is 1.83 bits per heavy atom. The van der Waals surface area contributed by atoms with Crippen molar-refractivity contribution in [1.82, 2.24) is 0 Å². The van der Waals surface area contributed by atoms with Gasteiger partial charge in [0, 0.05) is 6.61 Å². The van der Waals surface area contributed by atoms with Gasteiger partial charge in [0.05, 0.1) is 0 Å². The van der Waals surface area contributed by atoms with E-state index in [2.05, 4.69) is 38.1 Å². The van der Waals surface area contributed by atoms with Gasteiger partial charge in [0.15, 0.2) is 0 Å². The summed E-state index contributed by atoms with van der Waals surface area (Å²) in [4.78, 5) is 0. The monoisotopic (exact) mass is 164 g/mol. The average molecular weight is 164 g/mol. The molecule has 1 aromatic carbocycles. The van der Waals surface area contributed by atoms with E-state index in [4.69, 9.17) is 5.11 Å². The fourth-order valence-electron chi connectivity index (χ4n) is 1.19. The third-order valence-electron chi connectivity index (χ3n) is 2.02. The lowest BCUT2D eigenvalue weighted by Gasteiger charge is -2.07. The van der Waals surface area contributed by atoms with Crippen molar-refractivity contribution in [3.05, 3.63) is 35.4 Å². The third-order valence-corrected chi connectivity index (χ3v) is 2.02. The largest absolute Gasteiger partial charge is 0.396 e. The van der Waals surface area contributed by atoms with Gasteiger partial charge in [-0.2, -0.15) is 0 Å². The molecular formula is C11H16O. The third kappa shape index (κ3) is 2.67. The molecule has 0 aliphatic rings. The van der Waals surface area contributed by atoms with Crippen LogP contribution < -0.4 is 0 Å². The van der Waals surface area contributed by atoms with E-state index in [-0.39, 0.29) is 6.61 Å². The van der Waals surface area contributed by atoms with Gasteiger partial charge < -0.3 is 5.11 Å². The Labute approximate surface area is 74.1 Å². The summed E-state index contributed by atoms with van der Waals surface area (Å²) >= 11 is 0. The van der Waals surface area contributed by atoms with Crippen LogP contribution in [0.15, 0.2) is 24.3 Å². The van der Waals surface area contributed by atoms with E-state index in [9.17, 15) is 0 Å². The van der Waals surface area contributed by atoms with Gasteiger partial charge in [-0.3, -0.25) is 0 Å². The summed E-state index contributed by atoms with van der Waals surface area (Å²) in [5.74, 6) is 0.368. The van der Waals surface area contributed by atoms with Gasteiger partial charge in [-0.15, -0.1) is 0 Å². The van der Waals surface area contributed by atoms with Gasteiger partial charge in [0.25, 0.3) is 0 Å². The first kappa shape index (κ1) is 9.27. The van der Waals surface area contributed by atoms with E-state index in [1.807, 2.05) is 0 Å². The maximum absolute atomic E-state index is 8.85. The molecule has 0 aliphatic heterocycles. The SMILES string of the molecule is Cc1ccc(C[C@@H](C)CO)cc1. The molecule has 0 radical (unpaired) electrons. The van der Waals surface area contributed by atoms with E-state index in [1.54, 1.807) is 0 Å². The van der Waals surface area contributed by atoms with E-state index in [1.165, 1.54) is 11.1 Å². The Balaban J connectivity index is 2.58. The van der Waals surface area contributed by atoms with Crippen LogP contribution in [0, 0.1) is 12.8 Å². The number of rotatable bonds is 3. The van der Waals surface area contributed by atoms with E-state index >= 15 is 0 Å². The Morgan fingerprint density at radius 1 is 1.25 bits per heavy atom. The summed E-state index contributed by atoms with van der Waals surface area (Å²) in [7, 11) is 0. The van der Waals surface area contributed by atoms with Crippen LogP contribution in [0.1, 0.15) is 18.1 Å². The second-order valence-corrected chi connectivity index (χ2v) is 3.48. The highest BCUT2D eigenvalue weighted by Gasteiger charge is 2.00. The first-order chi connectivity index (χ1) is 5.72. The molecule has 1 aromatic rings. The van der Waals surface area contributed by atoms with Crippen molar-refractivity contribution < 1.29 is 5.11 Å².